The first-order chi connectivity index (χ1) is 6.13. The maximum atomic E-state index is 11.2. The van der Waals surface area contributed by atoms with Crippen LogP contribution in [0.2, 0.25) is 0 Å². The van der Waals surface area contributed by atoms with E-state index in [0.29, 0.717) is 6.61 Å². The molecule has 0 saturated carbocycles. The molecule has 0 fully saturated rings. The molecule has 0 amide bonds. The molecule has 1 atom stereocenters. The van der Waals surface area contributed by atoms with Gasteiger partial charge in [-0.15, -0.1) is 0 Å². The van der Waals surface area contributed by atoms with Crippen LogP contribution in [-0.2, 0) is 19.1 Å². The number of ether oxygens (including phenoxy) is 2. The van der Waals surface area contributed by atoms with Gasteiger partial charge in [0.05, 0.1) is 13.2 Å². The zero-order chi connectivity index (χ0) is 10.3. The second kappa shape index (κ2) is 6.60. The van der Waals surface area contributed by atoms with Crippen molar-refractivity contribution in [2.75, 3.05) is 19.8 Å². The fraction of sp³-hybridized carbons (Fsp3) is 0.778. The van der Waals surface area contributed by atoms with E-state index in [4.69, 9.17) is 9.47 Å². The Hall–Kier alpha value is -0.900. The topological polar surface area (TPSA) is 52.6 Å². The highest BCUT2D eigenvalue weighted by atomic mass is 16.5. The largest absolute Gasteiger partial charge is 0.465 e. The minimum Gasteiger partial charge on any atom is -0.465 e. The molecule has 76 valence electrons. The van der Waals surface area contributed by atoms with Crippen LogP contribution < -0.4 is 0 Å². The number of hydrogen-bond donors (Lipinski definition) is 0. The Bertz CT molecular complexity index is 176. The first-order valence-electron chi connectivity index (χ1n) is 4.38. The summed E-state index contributed by atoms with van der Waals surface area (Å²) in [6.07, 6.45) is 0. The third kappa shape index (κ3) is 4.62. The summed E-state index contributed by atoms with van der Waals surface area (Å²) in [7, 11) is 0. The predicted molar refractivity (Wildman–Crippen MR) is 47.3 cm³/mol. The second-order valence-corrected chi connectivity index (χ2v) is 2.57. The van der Waals surface area contributed by atoms with Crippen LogP contribution in [0.1, 0.15) is 20.8 Å². The lowest BCUT2D eigenvalue weighted by Gasteiger charge is -2.11. The van der Waals surface area contributed by atoms with E-state index in [-0.39, 0.29) is 19.0 Å². The maximum Gasteiger partial charge on any atom is 0.318 e. The Morgan fingerprint density at radius 3 is 2.23 bits per heavy atom. The highest BCUT2D eigenvalue weighted by molar-refractivity contribution is 5.97. The summed E-state index contributed by atoms with van der Waals surface area (Å²) in [5.74, 6) is -1.48. The molecule has 4 heteroatoms. The third-order valence-corrected chi connectivity index (χ3v) is 1.55. The molecule has 0 aliphatic rings. The summed E-state index contributed by atoms with van der Waals surface area (Å²) in [5, 5.41) is 0. The SMILES string of the molecule is CCOCC(C(C)=O)C(=O)OCC. The summed E-state index contributed by atoms with van der Waals surface area (Å²) in [6.45, 7) is 5.77. The third-order valence-electron chi connectivity index (χ3n) is 1.55. The monoisotopic (exact) mass is 188 g/mol. The summed E-state index contributed by atoms with van der Waals surface area (Å²) >= 11 is 0. The van der Waals surface area contributed by atoms with Crippen LogP contribution in [0.15, 0.2) is 0 Å². The molecule has 0 aromatic carbocycles. The molecule has 0 N–H and O–H groups in total. The van der Waals surface area contributed by atoms with Gasteiger partial charge in [-0.3, -0.25) is 9.59 Å². The van der Waals surface area contributed by atoms with Crippen molar-refractivity contribution in [1.29, 1.82) is 0 Å². The zero-order valence-corrected chi connectivity index (χ0v) is 8.33. The summed E-state index contributed by atoms with van der Waals surface area (Å²) in [4.78, 5) is 22.2. The van der Waals surface area contributed by atoms with Crippen molar-refractivity contribution in [3.05, 3.63) is 0 Å². The number of ketones is 1. The van der Waals surface area contributed by atoms with Gasteiger partial charge < -0.3 is 9.47 Å². The van der Waals surface area contributed by atoms with E-state index in [0.717, 1.165) is 0 Å². The van der Waals surface area contributed by atoms with E-state index >= 15 is 0 Å². The van der Waals surface area contributed by atoms with Crippen molar-refractivity contribution >= 4 is 11.8 Å². The van der Waals surface area contributed by atoms with E-state index in [2.05, 4.69) is 0 Å². The molecule has 0 bridgehead atoms. The summed E-state index contributed by atoms with van der Waals surface area (Å²) in [5.41, 5.74) is 0. The smallest absolute Gasteiger partial charge is 0.318 e. The molecule has 0 radical (unpaired) electrons. The molecular weight excluding hydrogens is 172 g/mol. The number of carbonyl (C=O) groups excluding carboxylic acids is 2. The minimum absolute atomic E-state index is 0.116. The molecule has 13 heavy (non-hydrogen) atoms. The van der Waals surface area contributed by atoms with Gasteiger partial charge in [0, 0.05) is 6.61 Å². The average molecular weight is 188 g/mol. The van der Waals surface area contributed by atoms with Gasteiger partial charge in [0.2, 0.25) is 0 Å². The van der Waals surface area contributed by atoms with Crippen molar-refractivity contribution in [3.63, 3.8) is 0 Å². The second-order valence-electron chi connectivity index (χ2n) is 2.57. The predicted octanol–water partition coefficient (Wildman–Crippen LogP) is 0.791. The number of rotatable bonds is 6. The lowest BCUT2D eigenvalue weighted by Crippen LogP contribution is -2.28. The van der Waals surface area contributed by atoms with Gasteiger partial charge in [-0.1, -0.05) is 0 Å². The van der Waals surface area contributed by atoms with E-state index in [1.54, 1.807) is 6.92 Å². The lowest BCUT2D eigenvalue weighted by molar-refractivity contribution is -0.153. The first-order valence-corrected chi connectivity index (χ1v) is 4.38. The van der Waals surface area contributed by atoms with Crippen LogP contribution in [0, 0.1) is 5.92 Å². The fourth-order valence-corrected chi connectivity index (χ4v) is 0.830. The molecule has 4 nitrogen and oxygen atoms in total. The molecular formula is C9H16O4. The zero-order valence-electron chi connectivity index (χ0n) is 8.33. The standard InChI is InChI=1S/C9H16O4/c1-4-12-6-8(7(3)10)9(11)13-5-2/h8H,4-6H2,1-3H3. The van der Waals surface area contributed by atoms with Gasteiger partial charge >= 0.3 is 5.97 Å². The van der Waals surface area contributed by atoms with E-state index in [1.807, 2.05) is 6.92 Å². The van der Waals surface area contributed by atoms with E-state index < -0.39 is 11.9 Å². The van der Waals surface area contributed by atoms with Crippen molar-refractivity contribution in [2.45, 2.75) is 20.8 Å². The molecule has 0 aliphatic carbocycles. The quantitative estimate of drug-likeness (QED) is 0.457. The van der Waals surface area contributed by atoms with Crippen LogP contribution in [0.25, 0.3) is 0 Å². The molecule has 0 saturated heterocycles. The van der Waals surface area contributed by atoms with Gasteiger partial charge in [0.1, 0.15) is 11.7 Å². The molecule has 0 aromatic rings. The number of esters is 1. The van der Waals surface area contributed by atoms with Gasteiger partial charge in [-0.2, -0.15) is 0 Å². The Labute approximate surface area is 78.2 Å². The normalized spacial score (nSPS) is 12.2. The summed E-state index contributed by atoms with van der Waals surface area (Å²) in [6, 6.07) is 0. The highest BCUT2D eigenvalue weighted by Gasteiger charge is 2.24. The Morgan fingerprint density at radius 2 is 1.85 bits per heavy atom. The van der Waals surface area contributed by atoms with E-state index in [1.165, 1.54) is 6.92 Å². The van der Waals surface area contributed by atoms with Gasteiger partial charge in [0.15, 0.2) is 0 Å². The van der Waals surface area contributed by atoms with E-state index in [9.17, 15) is 9.59 Å². The van der Waals surface area contributed by atoms with Crippen LogP contribution in [-0.4, -0.2) is 31.6 Å². The van der Waals surface area contributed by atoms with Crippen molar-refractivity contribution in [1.82, 2.24) is 0 Å². The number of hydrogen-bond acceptors (Lipinski definition) is 4. The van der Waals surface area contributed by atoms with Crippen molar-refractivity contribution in [2.24, 2.45) is 5.92 Å². The Balaban J connectivity index is 4.07. The molecule has 0 aromatic heterocycles. The Kier molecular flexibility index (Phi) is 6.14. The number of carbonyl (C=O) groups is 2. The van der Waals surface area contributed by atoms with Crippen LogP contribution in [0.4, 0.5) is 0 Å². The Morgan fingerprint density at radius 1 is 1.23 bits per heavy atom. The van der Waals surface area contributed by atoms with Crippen molar-refractivity contribution in [3.8, 4) is 0 Å². The molecule has 0 spiro atoms. The summed E-state index contributed by atoms with van der Waals surface area (Å²) < 4.78 is 9.73. The number of Topliss-reactive ketones (excluding diaryl/α,β-unsaturated/α-hetero) is 1. The molecule has 0 rings (SSSR count). The van der Waals surface area contributed by atoms with Crippen molar-refractivity contribution < 1.29 is 19.1 Å². The molecule has 1 unspecified atom stereocenters. The minimum atomic E-state index is -0.764. The fourth-order valence-electron chi connectivity index (χ4n) is 0.830. The molecule has 0 heterocycles. The van der Waals surface area contributed by atoms with Crippen LogP contribution in [0.3, 0.4) is 0 Å². The van der Waals surface area contributed by atoms with Gasteiger partial charge in [0.25, 0.3) is 0 Å². The maximum absolute atomic E-state index is 11.2. The first kappa shape index (κ1) is 12.1. The molecule has 0 aliphatic heterocycles. The van der Waals surface area contributed by atoms with Crippen LogP contribution in [0.5, 0.6) is 0 Å². The average Bonchev–Trinajstić information content (AvgIpc) is 2.05. The van der Waals surface area contributed by atoms with Crippen LogP contribution >= 0.6 is 0 Å². The lowest BCUT2D eigenvalue weighted by atomic mass is 10.1. The van der Waals surface area contributed by atoms with Gasteiger partial charge in [-0.25, -0.2) is 0 Å². The highest BCUT2D eigenvalue weighted by Crippen LogP contribution is 2.02. The van der Waals surface area contributed by atoms with Gasteiger partial charge in [-0.05, 0) is 20.8 Å².